The van der Waals surface area contributed by atoms with Crippen LogP contribution in [0.1, 0.15) is 43.0 Å². The molecule has 0 atom stereocenters. The van der Waals surface area contributed by atoms with E-state index in [2.05, 4.69) is 28.8 Å². The van der Waals surface area contributed by atoms with Crippen LogP contribution in [0.2, 0.25) is 0 Å². The maximum atomic E-state index is 12.2. The van der Waals surface area contributed by atoms with Crippen LogP contribution in [0, 0.1) is 0 Å². The molecule has 1 fully saturated rings. The van der Waals surface area contributed by atoms with Gasteiger partial charge in [0.05, 0.1) is 0 Å². The summed E-state index contributed by atoms with van der Waals surface area (Å²) in [6.45, 7) is 3.73. The smallest absolute Gasteiger partial charge is 0.251 e. The van der Waals surface area contributed by atoms with Crippen molar-refractivity contribution in [3.8, 4) is 0 Å². The molecule has 110 valence electrons. The lowest BCUT2D eigenvalue weighted by molar-refractivity contribution is 0.0944. The van der Waals surface area contributed by atoms with Gasteiger partial charge in [-0.15, -0.1) is 0 Å². The van der Waals surface area contributed by atoms with Gasteiger partial charge in [0.15, 0.2) is 0 Å². The molecule has 1 aliphatic carbocycles. The van der Waals surface area contributed by atoms with Crippen molar-refractivity contribution >= 4 is 23.5 Å². The molecule has 0 spiro atoms. The molecule has 4 nitrogen and oxygen atoms in total. The van der Waals surface area contributed by atoms with Crippen molar-refractivity contribution in [3.63, 3.8) is 0 Å². The van der Waals surface area contributed by atoms with E-state index in [0.717, 1.165) is 25.3 Å². The minimum Gasteiger partial charge on any atom is -0.370 e. The second-order valence-electron chi connectivity index (χ2n) is 5.28. The molecule has 1 aromatic heterocycles. The van der Waals surface area contributed by atoms with Crippen LogP contribution in [-0.2, 0) is 0 Å². The maximum Gasteiger partial charge on any atom is 0.251 e. The van der Waals surface area contributed by atoms with Crippen LogP contribution in [-0.4, -0.2) is 35.0 Å². The Morgan fingerprint density at radius 1 is 1.50 bits per heavy atom. The highest BCUT2D eigenvalue weighted by Gasteiger charge is 2.36. The van der Waals surface area contributed by atoms with Gasteiger partial charge in [-0.2, -0.15) is 11.8 Å². The van der Waals surface area contributed by atoms with Crippen LogP contribution in [0.15, 0.2) is 18.3 Å². The topological polar surface area (TPSA) is 54.0 Å². The third kappa shape index (κ3) is 3.66. The molecule has 0 saturated heterocycles. The molecule has 0 radical (unpaired) electrons. The number of anilines is 1. The quantitative estimate of drug-likeness (QED) is 0.811. The van der Waals surface area contributed by atoms with Gasteiger partial charge in [-0.25, -0.2) is 4.98 Å². The molecule has 1 aromatic rings. The number of nitrogens with zero attached hydrogens (tertiary/aromatic N) is 1. The fourth-order valence-electron chi connectivity index (χ4n) is 2.29. The average molecular weight is 293 g/mol. The zero-order valence-corrected chi connectivity index (χ0v) is 13.1. The summed E-state index contributed by atoms with van der Waals surface area (Å²) >= 11 is 1.87. The molecule has 2 rings (SSSR count). The van der Waals surface area contributed by atoms with Gasteiger partial charge in [0.1, 0.15) is 5.82 Å². The summed E-state index contributed by atoms with van der Waals surface area (Å²) in [5.74, 6) is 0.759. The summed E-state index contributed by atoms with van der Waals surface area (Å²) in [5.41, 5.74) is 0.675. The number of rotatable bonds is 7. The monoisotopic (exact) mass is 293 g/mol. The lowest BCUT2D eigenvalue weighted by Crippen LogP contribution is -2.45. The maximum absolute atomic E-state index is 12.2. The van der Waals surface area contributed by atoms with Gasteiger partial charge in [-0.1, -0.05) is 13.3 Å². The van der Waals surface area contributed by atoms with Gasteiger partial charge >= 0.3 is 0 Å². The first-order valence-electron chi connectivity index (χ1n) is 7.22. The molecular formula is C15H23N3OS. The largest absolute Gasteiger partial charge is 0.370 e. The van der Waals surface area contributed by atoms with Crippen LogP contribution in [0.4, 0.5) is 5.82 Å². The molecule has 0 unspecified atom stereocenters. The predicted octanol–water partition coefficient (Wildman–Crippen LogP) is 2.92. The third-order valence-electron chi connectivity index (χ3n) is 3.85. The zero-order valence-electron chi connectivity index (χ0n) is 12.2. The minimum absolute atomic E-state index is 0.00715. The second kappa shape index (κ2) is 6.97. The number of pyridine rings is 1. The number of hydrogen-bond acceptors (Lipinski definition) is 4. The first-order valence-corrected chi connectivity index (χ1v) is 8.45. The van der Waals surface area contributed by atoms with E-state index in [0.29, 0.717) is 5.56 Å². The molecule has 1 amide bonds. The van der Waals surface area contributed by atoms with E-state index >= 15 is 0 Å². The van der Waals surface area contributed by atoms with Crippen molar-refractivity contribution < 1.29 is 4.79 Å². The van der Waals surface area contributed by atoms with Gasteiger partial charge in [0, 0.05) is 29.6 Å². The van der Waals surface area contributed by atoms with E-state index < -0.39 is 0 Å². The van der Waals surface area contributed by atoms with Crippen molar-refractivity contribution in [2.75, 3.05) is 24.7 Å². The van der Waals surface area contributed by atoms with E-state index in [1.54, 1.807) is 12.3 Å². The highest BCUT2D eigenvalue weighted by molar-refractivity contribution is 8.00. The molecule has 2 N–H and O–H groups in total. The standard InChI is InChI=1S/C15H23N3OS/c1-3-8-16-13-10-12(5-9-17-13)14(19)18-11-15(20-2)6-4-7-15/h5,9-10H,3-4,6-8,11H2,1-2H3,(H,16,17)(H,18,19). The lowest BCUT2D eigenvalue weighted by atomic mass is 9.84. The Kier molecular flexibility index (Phi) is 5.29. The van der Waals surface area contributed by atoms with Crippen LogP contribution in [0.3, 0.4) is 0 Å². The Morgan fingerprint density at radius 2 is 2.30 bits per heavy atom. The molecule has 1 heterocycles. The van der Waals surface area contributed by atoms with E-state index in [-0.39, 0.29) is 10.7 Å². The minimum atomic E-state index is -0.00715. The fourth-order valence-corrected chi connectivity index (χ4v) is 3.20. The number of amides is 1. The summed E-state index contributed by atoms with van der Waals surface area (Å²) in [5, 5.41) is 6.26. The Labute approximate surface area is 125 Å². The summed E-state index contributed by atoms with van der Waals surface area (Å²) in [6.07, 6.45) is 8.53. The molecule has 1 aliphatic rings. The fraction of sp³-hybridized carbons (Fsp3) is 0.600. The summed E-state index contributed by atoms with van der Waals surface area (Å²) in [7, 11) is 0. The molecule has 0 aromatic carbocycles. The number of carbonyl (C=O) groups excluding carboxylic acids is 1. The van der Waals surface area contributed by atoms with Gasteiger partial charge in [-0.05, 0) is 37.7 Å². The van der Waals surface area contributed by atoms with Crippen LogP contribution >= 0.6 is 11.8 Å². The van der Waals surface area contributed by atoms with Gasteiger partial charge in [0.25, 0.3) is 5.91 Å². The summed E-state index contributed by atoms with van der Waals surface area (Å²) in [4.78, 5) is 16.4. The normalized spacial score (nSPS) is 16.3. The predicted molar refractivity (Wildman–Crippen MR) is 85.4 cm³/mol. The van der Waals surface area contributed by atoms with Crippen molar-refractivity contribution in [1.82, 2.24) is 10.3 Å². The first kappa shape index (κ1) is 15.2. The number of hydrogen-bond donors (Lipinski definition) is 2. The number of carbonyl (C=O) groups is 1. The number of nitrogens with one attached hydrogen (secondary N) is 2. The second-order valence-corrected chi connectivity index (χ2v) is 6.55. The number of thioether (sulfide) groups is 1. The molecule has 20 heavy (non-hydrogen) atoms. The average Bonchev–Trinajstić information content (AvgIpc) is 2.44. The third-order valence-corrected chi connectivity index (χ3v) is 5.27. The SMILES string of the molecule is CCCNc1cc(C(=O)NCC2(SC)CCC2)ccn1. The summed E-state index contributed by atoms with van der Waals surface area (Å²) < 4.78 is 0.270. The molecule has 5 heteroatoms. The van der Waals surface area contributed by atoms with Gasteiger partial charge < -0.3 is 10.6 Å². The van der Waals surface area contributed by atoms with E-state index in [1.165, 1.54) is 19.3 Å². The van der Waals surface area contributed by atoms with Crippen molar-refractivity contribution in [1.29, 1.82) is 0 Å². The highest BCUT2D eigenvalue weighted by atomic mass is 32.2. The molecule has 0 aliphatic heterocycles. The van der Waals surface area contributed by atoms with Gasteiger partial charge in [0.2, 0.25) is 0 Å². The summed E-state index contributed by atoms with van der Waals surface area (Å²) in [6, 6.07) is 3.58. The zero-order chi connectivity index (χ0) is 14.4. The Morgan fingerprint density at radius 3 is 2.90 bits per heavy atom. The van der Waals surface area contributed by atoms with Crippen molar-refractivity contribution in [3.05, 3.63) is 23.9 Å². The van der Waals surface area contributed by atoms with Gasteiger partial charge in [-0.3, -0.25) is 4.79 Å². The highest BCUT2D eigenvalue weighted by Crippen LogP contribution is 2.42. The Hall–Kier alpha value is -1.23. The number of aromatic nitrogens is 1. The molecule has 0 bridgehead atoms. The van der Waals surface area contributed by atoms with Crippen LogP contribution in [0.25, 0.3) is 0 Å². The first-order chi connectivity index (χ1) is 9.69. The van der Waals surface area contributed by atoms with Crippen LogP contribution in [0.5, 0.6) is 0 Å². The van der Waals surface area contributed by atoms with E-state index in [9.17, 15) is 4.79 Å². The Balaban J connectivity index is 1.91. The van der Waals surface area contributed by atoms with Crippen molar-refractivity contribution in [2.45, 2.75) is 37.4 Å². The molecular weight excluding hydrogens is 270 g/mol. The van der Waals surface area contributed by atoms with Crippen LogP contribution < -0.4 is 10.6 Å². The molecule has 1 saturated carbocycles. The lowest BCUT2D eigenvalue weighted by Gasteiger charge is -2.40. The Bertz CT molecular complexity index is 455. The van der Waals surface area contributed by atoms with E-state index in [4.69, 9.17) is 0 Å². The van der Waals surface area contributed by atoms with Crippen molar-refractivity contribution in [2.24, 2.45) is 0 Å². The van der Waals surface area contributed by atoms with E-state index in [1.807, 2.05) is 17.8 Å².